The molecular weight excluding hydrogens is 300 g/mol. The summed E-state index contributed by atoms with van der Waals surface area (Å²) in [6.07, 6.45) is 0. The molecular formula is C12H17BrN2OS. The van der Waals surface area contributed by atoms with Crippen molar-refractivity contribution in [1.29, 1.82) is 0 Å². The molecule has 1 aromatic rings. The molecule has 2 N–H and O–H groups in total. The van der Waals surface area contributed by atoms with Crippen LogP contribution in [0.4, 0.5) is 5.69 Å². The molecule has 0 aliphatic rings. The van der Waals surface area contributed by atoms with Gasteiger partial charge in [-0.25, -0.2) is 0 Å². The number of nitrogens with two attached hydrogens (primary N) is 1. The van der Waals surface area contributed by atoms with Crippen LogP contribution in [-0.2, 0) is 4.74 Å². The number of hydrogen-bond donors (Lipinski definition) is 1. The first-order chi connectivity index (χ1) is 7.97. The maximum absolute atomic E-state index is 5.75. The van der Waals surface area contributed by atoms with Crippen molar-refractivity contribution in [2.45, 2.75) is 13.0 Å². The van der Waals surface area contributed by atoms with Gasteiger partial charge in [0.15, 0.2) is 0 Å². The minimum Gasteiger partial charge on any atom is -0.389 e. The summed E-state index contributed by atoms with van der Waals surface area (Å²) < 4.78 is 6.12. The molecule has 0 bridgehead atoms. The molecule has 1 aromatic carbocycles. The molecule has 0 saturated carbocycles. The summed E-state index contributed by atoms with van der Waals surface area (Å²) in [6, 6.07) is 6.18. The number of rotatable bonds is 5. The second kappa shape index (κ2) is 6.33. The molecule has 0 spiro atoms. The Morgan fingerprint density at radius 1 is 1.59 bits per heavy atom. The first-order valence-corrected chi connectivity index (χ1v) is 6.48. The molecule has 0 radical (unpaired) electrons. The van der Waals surface area contributed by atoms with E-state index in [2.05, 4.69) is 27.8 Å². The topological polar surface area (TPSA) is 38.5 Å². The first kappa shape index (κ1) is 14.4. The SMILES string of the molecule is COCC(C)N(C)c1ccc(Br)cc1C(N)=S. The minimum absolute atomic E-state index is 0.259. The number of nitrogens with zero attached hydrogens (tertiary/aromatic N) is 1. The van der Waals surface area contributed by atoms with E-state index in [1.807, 2.05) is 25.2 Å². The summed E-state index contributed by atoms with van der Waals surface area (Å²) in [6.45, 7) is 2.75. The number of anilines is 1. The van der Waals surface area contributed by atoms with Gasteiger partial charge in [-0.2, -0.15) is 0 Å². The predicted octanol–water partition coefficient (Wildman–Crippen LogP) is 2.55. The van der Waals surface area contributed by atoms with Crippen LogP contribution in [0.1, 0.15) is 12.5 Å². The van der Waals surface area contributed by atoms with Gasteiger partial charge < -0.3 is 15.4 Å². The van der Waals surface area contributed by atoms with E-state index >= 15 is 0 Å². The second-order valence-corrected chi connectivity index (χ2v) is 5.30. The van der Waals surface area contributed by atoms with Gasteiger partial charge in [-0.05, 0) is 25.1 Å². The minimum atomic E-state index is 0.259. The molecule has 0 amide bonds. The van der Waals surface area contributed by atoms with Gasteiger partial charge in [-0.15, -0.1) is 0 Å². The van der Waals surface area contributed by atoms with Gasteiger partial charge in [-0.1, -0.05) is 28.1 Å². The molecule has 0 aliphatic carbocycles. The zero-order chi connectivity index (χ0) is 13.0. The zero-order valence-corrected chi connectivity index (χ0v) is 12.6. The standard InChI is InChI=1S/C12H17BrN2OS/c1-8(7-16-3)15(2)11-5-4-9(13)6-10(11)12(14)17/h4-6,8H,7H2,1-3H3,(H2,14,17). The molecule has 1 atom stereocenters. The number of thiocarbonyl (C=S) groups is 1. The fourth-order valence-corrected chi connectivity index (χ4v) is 2.13. The Bertz CT molecular complexity index is 411. The number of hydrogen-bond acceptors (Lipinski definition) is 3. The van der Waals surface area contributed by atoms with E-state index in [1.54, 1.807) is 7.11 Å². The van der Waals surface area contributed by atoms with Gasteiger partial charge in [0.1, 0.15) is 4.99 Å². The van der Waals surface area contributed by atoms with E-state index in [9.17, 15) is 0 Å². The fourth-order valence-electron chi connectivity index (χ4n) is 1.60. The highest BCUT2D eigenvalue weighted by atomic mass is 79.9. The summed E-state index contributed by atoms with van der Waals surface area (Å²) in [7, 11) is 3.70. The van der Waals surface area contributed by atoms with Crippen molar-refractivity contribution >= 4 is 38.8 Å². The van der Waals surface area contributed by atoms with Crippen molar-refractivity contribution < 1.29 is 4.74 Å². The molecule has 3 nitrogen and oxygen atoms in total. The van der Waals surface area contributed by atoms with Crippen LogP contribution in [0.25, 0.3) is 0 Å². The number of ether oxygens (including phenoxy) is 1. The van der Waals surface area contributed by atoms with Crippen LogP contribution in [0.5, 0.6) is 0 Å². The Hall–Kier alpha value is -0.650. The van der Waals surface area contributed by atoms with E-state index in [0.29, 0.717) is 11.6 Å². The Labute approximate surface area is 116 Å². The van der Waals surface area contributed by atoms with Crippen molar-refractivity contribution in [3.05, 3.63) is 28.2 Å². The fraction of sp³-hybridized carbons (Fsp3) is 0.417. The van der Waals surface area contributed by atoms with Gasteiger partial charge in [0.05, 0.1) is 6.61 Å². The van der Waals surface area contributed by atoms with Gasteiger partial charge >= 0.3 is 0 Å². The van der Waals surface area contributed by atoms with Crippen molar-refractivity contribution in [2.24, 2.45) is 5.73 Å². The number of halogens is 1. The highest BCUT2D eigenvalue weighted by molar-refractivity contribution is 9.10. The molecule has 94 valence electrons. The zero-order valence-electron chi connectivity index (χ0n) is 10.2. The predicted molar refractivity (Wildman–Crippen MR) is 79.8 cm³/mol. The third-order valence-electron chi connectivity index (χ3n) is 2.67. The van der Waals surface area contributed by atoms with Crippen molar-refractivity contribution in [3.8, 4) is 0 Å². The summed E-state index contributed by atoms with van der Waals surface area (Å²) in [4.78, 5) is 2.52. The molecule has 0 fully saturated rings. The molecule has 0 heterocycles. The molecule has 0 saturated heterocycles. The maximum atomic E-state index is 5.75. The van der Waals surface area contributed by atoms with Crippen LogP contribution in [0.3, 0.4) is 0 Å². The van der Waals surface area contributed by atoms with E-state index in [-0.39, 0.29) is 6.04 Å². The van der Waals surface area contributed by atoms with E-state index < -0.39 is 0 Å². The second-order valence-electron chi connectivity index (χ2n) is 3.94. The van der Waals surface area contributed by atoms with Crippen LogP contribution >= 0.6 is 28.1 Å². The highest BCUT2D eigenvalue weighted by Crippen LogP contribution is 2.25. The molecule has 0 aromatic heterocycles. The highest BCUT2D eigenvalue weighted by Gasteiger charge is 2.15. The van der Waals surface area contributed by atoms with Crippen LogP contribution in [0, 0.1) is 0 Å². The third kappa shape index (κ3) is 3.66. The van der Waals surface area contributed by atoms with Crippen LogP contribution in [-0.4, -0.2) is 31.8 Å². The third-order valence-corrected chi connectivity index (χ3v) is 3.39. The summed E-state index contributed by atoms with van der Waals surface area (Å²) in [5.41, 5.74) is 7.64. The van der Waals surface area contributed by atoms with Crippen LogP contribution in [0.2, 0.25) is 0 Å². The maximum Gasteiger partial charge on any atom is 0.106 e. The molecule has 1 unspecified atom stereocenters. The largest absolute Gasteiger partial charge is 0.389 e. The van der Waals surface area contributed by atoms with Gasteiger partial charge in [0.2, 0.25) is 0 Å². The number of benzene rings is 1. The van der Waals surface area contributed by atoms with Crippen molar-refractivity contribution in [3.63, 3.8) is 0 Å². The monoisotopic (exact) mass is 316 g/mol. The lowest BCUT2D eigenvalue weighted by Gasteiger charge is -2.28. The van der Waals surface area contributed by atoms with Crippen molar-refractivity contribution in [2.75, 3.05) is 25.7 Å². The van der Waals surface area contributed by atoms with Crippen LogP contribution in [0.15, 0.2) is 22.7 Å². The van der Waals surface area contributed by atoms with Gasteiger partial charge in [0, 0.05) is 35.9 Å². The Morgan fingerprint density at radius 2 is 2.24 bits per heavy atom. The average molecular weight is 317 g/mol. The first-order valence-electron chi connectivity index (χ1n) is 5.28. The van der Waals surface area contributed by atoms with Crippen molar-refractivity contribution in [1.82, 2.24) is 0 Å². The Kier molecular flexibility index (Phi) is 5.36. The Morgan fingerprint density at radius 3 is 2.76 bits per heavy atom. The molecule has 17 heavy (non-hydrogen) atoms. The van der Waals surface area contributed by atoms with E-state index in [4.69, 9.17) is 22.7 Å². The molecule has 1 rings (SSSR count). The lowest BCUT2D eigenvalue weighted by molar-refractivity contribution is 0.183. The normalized spacial score (nSPS) is 12.2. The summed E-state index contributed by atoms with van der Waals surface area (Å²) in [5.74, 6) is 0. The lowest BCUT2D eigenvalue weighted by Crippen LogP contribution is -2.34. The van der Waals surface area contributed by atoms with E-state index in [1.165, 1.54) is 0 Å². The summed E-state index contributed by atoms with van der Waals surface area (Å²) in [5, 5.41) is 0. The quantitative estimate of drug-likeness (QED) is 0.847. The molecule has 5 heteroatoms. The lowest BCUT2D eigenvalue weighted by atomic mass is 10.1. The van der Waals surface area contributed by atoms with Gasteiger partial charge in [-0.3, -0.25) is 0 Å². The smallest absolute Gasteiger partial charge is 0.106 e. The van der Waals surface area contributed by atoms with Gasteiger partial charge in [0.25, 0.3) is 0 Å². The average Bonchev–Trinajstić information content (AvgIpc) is 2.28. The number of likely N-dealkylation sites (N-methyl/N-ethyl adjacent to an activating group) is 1. The Balaban J connectivity index is 3.08. The summed E-state index contributed by atoms with van der Waals surface area (Å²) >= 11 is 8.50. The molecule has 0 aliphatic heterocycles. The number of methoxy groups -OCH3 is 1. The van der Waals surface area contributed by atoms with E-state index in [0.717, 1.165) is 15.7 Å². The van der Waals surface area contributed by atoms with Crippen LogP contribution < -0.4 is 10.6 Å².